The molecule has 1 saturated heterocycles. The molecule has 2 aliphatic heterocycles. The van der Waals surface area contributed by atoms with Crippen molar-refractivity contribution in [2.24, 2.45) is 0 Å². The number of aromatic nitrogens is 2. The average molecular weight is 236 g/mol. The lowest BCUT2D eigenvalue weighted by Crippen LogP contribution is -2.35. The number of carbonyl (C=O) groups excluding carboxylic acids is 1. The van der Waals surface area contributed by atoms with Gasteiger partial charge in [0.05, 0.1) is 12.6 Å². The van der Waals surface area contributed by atoms with Gasteiger partial charge >= 0.3 is 0 Å². The summed E-state index contributed by atoms with van der Waals surface area (Å²) in [5, 5.41) is 6.12. The molecule has 2 N–H and O–H groups in total. The highest BCUT2D eigenvalue weighted by molar-refractivity contribution is 5.92. The van der Waals surface area contributed by atoms with Gasteiger partial charge in [0.1, 0.15) is 5.69 Å². The summed E-state index contributed by atoms with van der Waals surface area (Å²) in [5.41, 5.74) is 0.487. The van der Waals surface area contributed by atoms with Crippen molar-refractivity contribution in [3.8, 4) is 0 Å². The number of rotatable bonds is 2. The third-order valence-electron chi connectivity index (χ3n) is 3.13. The SMILES string of the molecule is O=C(NC1CCOC1)c1cn2c(n1)NCCC2. The minimum Gasteiger partial charge on any atom is -0.379 e. The van der Waals surface area contributed by atoms with Gasteiger partial charge in [-0.2, -0.15) is 0 Å². The van der Waals surface area contributed by atoms with E-state index in [1.165, 1.54) is 0 Å². The molecule has 0 aliphatic carbocycles. The number of nitrogens with one attached hydrogen (secondary N) is 2. The maximum atomic E-state index is 11.9. The van der Waals surface area contributed by atoms with Gasteiger partial charge in [0.25, 0.3) is 5.91 Å². The molecule has 1 amide bonds. The molecule has 1 atom stereocenters. The van der Waals surface area contributed by atoms with Crippen LogP contribution in [0.3, 0.4) is 0 Å². The van der Waals surface area contributed by atoms with Crippen LogP contribution in [0.5, 0.6) is 0 Å². The van der Waals surface area contributed by atoms with E-state index in [2.05, 4.69) is 15.6 Å². The Morgan fingerprint density at radius 2 is 2.59 bits per heavy atom. The van der Waals surface area contributed by atoms with Crippen molar-refractivity contribution in [2.75, 3.05) is 25.1 Å². The van der Waals surface area contributed by atoms with Gasteiger partial charge in [-0.25, -0.2) is 4.98 Å². The van der Waals surface area contributed by atoms with E-state index >= 15 is 0 Å². The summed E-state index contributed by atoms with van der Waals surface area (Å²) in [5.74, 6) is 0.688. The molecule has 3 heterocycles. The van der Waals surface area contributed by atoms with Crippen LogP contribution in [0, 0.1) is 0 Å². The van der Waals surface area contributed by atoms with E-state index in [-0.39, 0.29) is 11.9 Å². The largest absolute Gasteiger partial charge is 0.379 e. The van der Waals surface area contributed by atoms with Crippen LogP contribution in [0.4, 0.5) is 5.95 Å². The Morgan fingerprint density at radius 3 is 3.35 bits per heavy atom. The van der Waals surface area contributed by atoms with Crippen molar-refractivity contribution in [1.82, 2.24) is 14.9 Å². The zero-order valence-corrected chi connectivity index (χ0v) is 9.61. The number of ether oxygens (including phenoxy) is 1. The lowest BCUT2D eigenvalue weighted by molar-refractivity contribution is 0.0925. The summed E-state index contributed by atoms with van der Waals surface area (Å²) >= 11 is 0. The Bertz CT molecular complexity index is 400. The molecule has 6 nitrogen and oxygen atoms in total. The van der Waals surface area contributed by atoms with Crippen LogP contribution in [-0.4, -0.2) is 41.3 Å². The van der Waals surface area contributed by atoms with Crippen LogP contribution in [0.2, 0.25) is 0 Å². The van der Waals surface area contributed by atoms with Crippen LogP contribution < -0.4 is 10.6 Å². The smallest absolute Gasteiger partial charge is 0.271 e. The molecule has 2 aliphatic rings. The summed E-state index contributed by atoms with van der Waals surface area (Å²) in [4.78, 5) is 16.2. The lowest BCUT2D eigenvalue weighted by Gasteiger charge is -2.14. The molecule has 0 aromatic carbocycles. The standard InChI is InChI=1S/C11H16N4O2/c16-10(13-8-2-5-17-7-8)9-6-15-4-1-3-12-11(15)14-9/h6,8H,1-5,7H2,(H,12,14)(H,13,16). The Balaban J connectivity index is 1.70. The number of carbonyl (C=O) groups is 1. The van der Waals surface area contributed by atoms with Crippen LogP contribution in [-0.2, 0) is 11.3 Å². The third kappa shape index (κ3) is 2.12. The van der Waals surface area contributed by atoms with Crippen molar-refractivity contribution >= 4 is 11.9 Å². The number of nitrogens with zero attached hydrogens (tertiary/aromatic N) is 2. The van der Waals surface area contributed by atoms with Crippen molar-refractivity contribution in [3.63, 3.8) is 0 Å². The third-order valence-corrected chi connectivity index (χ3v) is 3.13. The van der Waals surface area contributed by atoms with Crippen molar-refractivity contribution in [3.05, 3.63) is 11.9 Å². The summed E-state index contributed by atoms with van der Waals surface area (Å²) in [7, 11) is 0. The van der Waals surface area contributed by atoms with Crippen molar-refractivity contribution < 1.29 is 9.53 Å². The Morgan fingerprint density at radius 1 is 1.65 bits per heavy atom. The molecule has 0 saturated carbocycles. The zero-order chi connectivity index (χ0) is 11.7. The predicted octanol–water partition coefficient (Wildman–Crippen LogP) is 0.217. The highest BCUT2D eigenvalue weighted by atomic mass is 16.5. The average Bonchev–Trinajstić information content (AvgIpc) is 2.96. The fourth-order valence-electron chi connectivity index (χ4n) is 2.19. The molecule has 17 heavy (non-hydrogen) atoms. The summed E-state index contributed by atoms with van der Waals surface area (Å²) in [6, 6.07) is 0.134. The number of amides is 1. The zero-order valence-electron chi connectivity index (χ0n) is 9.61. The number of anilines is 1. The molecular weight excluding hydrogens is 220 g/mol. The molecule has 1 aromatic rings. The van der Waals surface area contributed by atoms with Crippen molar-refractivity contribution in [1.29, 1.82) is 0 Å². The van der Waals surface area contributed by atoms with Gasteiger partial charge in [0.2, 0.25) is 5.95 Å². The predicted molar refractivity (Wildman–Crippen MR) is 62.0 cm³/mol. The minimum absolute atomic E-state index is 0.107. The van der Waals surface area contributed by atoms with Crippen LogP contribution in [0.15, 0.2) is 6.20 Å². The molecule has 92 valence electrons. The molecule has 0 bridgehead atoms. The maximum Gasteiger partial charge on any atom is 0.271 e. The van der Waals surface area contributed by atoms with Gasteiger partial charge in [0, 0.05) is 25.9 Å². The highest BCUT2D eigenvalue weighted by Gasteiger charge is 2.21. The van der Waals surface area contributed by atoms with E-state index in [0.29, 0.717) is 12.3 Å². The lowest BCUT2D eigenvalue weighted by atomic mass is 10.2. The first kappa shape index (κ1) is 10.6. The first-order valence-electron chi connectivity index (χ1n) is 6.02. The molecule has 6 heteroatoms. The second kappa shape index (κ2) is 4.37. The summed E-state index contributed by atoms with van der Waals surface area (Å²) < 4.78 is 7.21. The molecular formula is C11H16N4O2. The summed E-state index contributed by atoms with van der Waals surface area (Å²) in [6.45, 7) is 3.19. The van der Waals surface area contributed by atoms with Gasteiger partial charge in [0.15, 0.2) is 0 Å². The van der Waals surface area contributed by atoms with E-state index < -0.39 is 0 Å². The number of imidazole rings is 1. The van der Waals surface area contributed by atoms with E-state index in [1.54, 1.807) is 0 Å². The number of fused-ring (bicyclic) bond motifs is 1. The van der Waals surface area contributed by atoms with E-state index in [0.717, 1.165) is 38.5 Å². The van der Waals surface area contributed by atoms with E-state index in [9.17, 15) is 4.79 Å². The first-order valence-corrected chi connectivity index (χ1v) is 6.02. The highest BCUT2D eigenvalue weighted by Crippen LogP contribution is 2.14. The maximum absolute atomic E-state index is 11.9. The molecule has 1 fully saturated rings. The molecule has 3 rings (SSSR count). The van der Waals surface area contributed by atoms with Gasteiger partial charge in [-0.3, -0.25) is 4.79 Å². The fraction of sp³-hybridized carbons (Fsp3) is 0.636. The van der Waals surface area contributed by atoms with Crippen LogP contribution in [0.25, 0.3) is 0 Å². The first-order chi connectivity index (χ1) is 8.33. The van der Waals surface area contributed by atoms with E-state index in [4.69, 9.17) is 4.74 Å². The van der Waals surface area contributed by atoms with Crippen LogP contribution in [0.1, 0.15) is 23.3 Å². The number of hydrogen-bond acceptors (Lipinski definition) is 4. The van der Waals surface area contributed by atoms with Gasteiger partial charge in [-0.05, 0) is 12.8 Å². The molecule has 0 radical (unpaired) electrons. The molecule has 1 aromatic heterocycles. The quantitative estimate of drug-likeness (QED) is 0.770. The normalized spacial score (nSPS) is 22.9. The van der Waals surface area contributed by atoms with E-state index in [1.807, 2.05) is 10.8 Å². The molecule has 1 unspecified atom stereocenters. The van der Waals surface area contributed by atoms with Gasteiger partial charge in [-0.1, -0.05) is 0 Å². The van der Waals surface area contributed by atoms with Gasteiger partial charge in [-0.15, -0.1) is 0 Å². The van der Waals surface area contributed by atoms with Gasteiger partial charge < -0.3 is 19.9 Å². The number of aryl methyl sites for hydroxylation is 1. The fourth-order valence-corrected chi connectivity index (χ4v) is 2.19. The second-order valence-electron chi connectivity index (χ2n) is 4.46. The Labute approximate surface area is 99.4 Å². The summed E-state index contributed by atoms with van der Waals surface area (Å²) in [6.07, 6.45) is 3.77. The second-order valence-corrected chi connectivity index (χ2v) is 4.46. The van der Waals surface area contributed by atoms with Crippen molar-refractivity contribution in [2.45, 2.75) is 25.4 Å². The molecule has 0 spiro atoms. The topological polar surface area (TPSA) is 68.2 Å². The monoisotopic (exact) mass is 236 g/mol. The minimum atomic E-state index is -0.107. The Kier molecular flexibility index (Phi) is 2.72. The Hall–Kier alpha value is -1.56. The number of hydrogen-bond donors (Lipinski definition) is 2. The van der Waals surface area contributed by atoms with Crippen LogP contribution >= 0.6 is 0 Å².